The standard InChI is InChI=1S/C19H17ClF3N5O/c1-11-7-13(3-4-14(29)8-12-5-6-24-16(20)9-12)25-26-17(11)15-10-28(2)27-18(15)19(21,22)23/h5-7,9-10H,3-4,8H2,1-2H3. The van der Waals surface area contributed by atoms with E-state index in [0.29, 0.717) is 22.8 Å². The zero-order valence-electron chi connectivity index (χ0n) is 15.7. The molecule has 0 aliphatic heterocycles. The van der Waals surface area contributed by atoms with Gasteiger partial charge in [0.05, 0.1) is 17.0 Å². The molecule has 0 spiro atoms. The van der Waals surface area contributed by atoms with Gasteiger partial charge in [-0.15, -0.1) is 5.10 Å². The van der Waals surface area contributed by atoms with Crippen LogP contribution in [0.15, 0.2) is 30.6 Å². The molecule has 3 rings (SSSR count). The molecule has 0 radical (unpaired) electrons. The summed E-state index contributed by atoms with van der Waals surface area (Å²) in [4.78, 5) is 16.0. The summed E-state index contributed by atoms with van der Waals surface area (Å²) >= 11 is 5.81. The Morgan fingerprint density at radius 1 is 1.24 bits per heavy atom. The van der Waals surface area contributed by atoms with Crippen LogP contribution < -0.4 is 0 Å². The summed E-state index contributed by atoms with van der Waals surface area (Å²) in [6.07, 6.45) is -1.00. The molecule has 0 saturated carbocycles. The molecule has 0 aliphatic rings. The highest BCUT2D eigenvalue weighted by atomic mass is 35.5. The Bertz CT molecular complexity index is 1050. The molecule has 0 aliphatic carbocycles. The van der Waals surface area contributed by atoms with Gasteiger partial charge in [-0.2, -0.15) is 23.4 Å². The van der Waals surface area contributed by atoms with E-state index in [1.165, 1.54) is 19.4 Å². The zero-order chi connectivity index (χ0) is 21.2. The van der Waals surface area contributed by atoms with Crippen LogP contribution >= 0.6 is 11.6 Å². The van der Waals surface area contributed by atoms with Crippen LogP contribution in [0.5, 0.6) is 0 Å². The van der Waals surface area contributed by atoms with Crippen molar-refractivity contribution < 1.29 is 18.0 Å². The number of aromatic nitrogens is 5. The Hall–Kier alpha value is -2.81. The molecule has 0 amide bonds. The van der Waals surface area contributed by atoms with Crippen molar-refractivity contribution in [3.63, 3.8) is 0 Å². The van der Waals surface area contributed by atoms with Gasteiger partial charge in [0.1, 0.15) is 10.9 Å². The summed E-state index contributed by atoms with van der Waals surface area (Å²) in [6.45, 7) is 1.65. The minimum atomic E-state index is -4.59. The summed E-state index contributed by atoms with van der Waals surface area (Å²) < 4.78 is 40.7. The maximum atomic E-state index is 13.2. The second-order valence-corrected chi connectivity index (χ2v) is 7.02. The number of nitrogens with zero attached hydrogens (tertiary/aromatic N) is 5. The molecule has 0 unspecified atom stereocenters. The fourth-order valence-electron chi connectivity index (χ4n) is 2.94. The van der Waals surface area contributed by atoms with Crippen molar-refractivity contribution >= 4 is 17.4 Å². The molecule has 10 heteroatoms. The number of carbonyl (C=O) groups is 1. The first-order valence-electron chi connectivity index (χ1n) is 8.70. The van der Waals surface area contributed by atoms with Gasteiger partial charge in [-0.1, -0.05) is 11.6 Å². The van der Waals surface area contributed by atoms with E-state index in [0.717, 1.165) is 10.2 Å². The number of ketones is 1. The topological polar surface area (TPSA) is 73.6 Å². The quantitative estimate of drug-likeness (QED) is 0.560. The highest BCUT2D eigenvalue weighted by Gasteiger charge is 2.38. The lowest BCUT2D eigenvalue weighted by molar-refractivity contribution is -0.141. The van der Waals surface area contributed by atoms with Crippen LogP contribution in [0.1, 0.15) is 28.9 Å². The van der Waals surface area contributed by atoms with Crippen LogP contribution in [-0.2, 0) is 30.9 Å². The number of aryl methyl sites for hydroxylation is 3. The van der Waals surface area contributed by atoms with Crippen LogP contribution in [0.2, 0.25) is 5.15 Å². The number of alkyl halides is 3. The molecule has 6 nitrogen and oxygen atoms in total. The fraction of sp³-hybridized carbons (Fsp3) is 0.316. The largest absolute Gasteiger partial charge is 0.435 e. The van der Waals surface area contributed by atoms with Gasteiger partial charge in [0, 0.05) is 32.3 Å². The lowest BCUT2D eigenvalue weighted by Crippen LogP contribution is -2.10. The number of hydrogen-bond donors (Lipinski definition) is 0. The average molecular weight is 424 g/mol. The summed E-state index contributed by atoms with van der Waals surface area (Å²) in [6, 6.07) is 4.99. The van der Waals surface area contributed by atoms with Crippen molar-refractivity contribution in [1.29, 1.82) is 0 Å². The molecular formula is C19H17ClF3N5O. The van der Waals surface area contributed by atoms with Crippen molar-refractivity contribution in [3.8, 4) is 11.3 Å². The van der Waals surface area contributed by atoms with E-state index in [4.69, 9.17) is 11.6 Å². The van der Waals surface area contributed by atoms with Gasteiger partial charge in [-0.25, -0.2) is 4.98 Å². The zero-order valence-corrected chi connectivity index (χ0v) is 16.4. The fourth-order valence-corrected chi connectivity index (χ4v) is 3.13. The number of halogens is 4. The van der Waals surface area contributed by atoms with Crippen molar-refractivity contribution in [2.45, 2.75) is 32.4 Å². The molecule has 0 N–H and O–H groups in total. The number of rotatable bonds is 6. The summed E-state index contributed by atoms with van der Waals surface area (Å²) in [5.74, 6) is -0.0117. The Labute approximate surface area is 169 Å². The van der Waals surface area contributed by atoms with Gasteiger partial charge in [-0.05, 0) is 42.7 Å². The van der Waals surface area contributed by atoms with E-state index in [1.807, 2.05) is 0 Å². The molecule has 0 fully saturated rings. The van der Waals surface area contributed by atoms with Crippen molar-refractivity contribution in [2.75, 3.05) is 0 Å². The predicted octanol–water partition coefficient (Wildman–Crippen LogP) is 4.00. The lowest BCUT2D eigenvalue weighted by Gasteiger charge is -2.08. The number of pyridine rings is 1. The average Bonchev–Trinajstić information content (AvgIpc) is 3.02. The molecule has 0 saturated heterocycles. The first-order chi connectivity index (χ1) is 13.6. The third-order valence-corrected chi connectivity index (χ3v) is 4.45. The van der Waals surface area contributed by atoms with E-state index >= 15 is 0 Å². The highest BCUT2D eigenvalue weighted by molar-refractivity contribution is 6.29. The van der Waals surface area contributed by atoms with E-state index in [-0.39, 0.29) is 29.9 Å². The minimum Gasteiger partial charge on any atom is -0.299 e. The normalized spacial score (nSPS) is 11.7. The second-order valence-electron chi connectivity index (χ2n) is 6.63. The summed E-state index contributed by atoms with van der Waals surface area (Å²) in [7, 11) is 1.41. The SMILES string of the molecule is Cc1cc(CCC(=O)Cc2ccnc(Cl)c2)nnc1-c1cn(C)nc1C(F)(F)F. The maximum absolute atomic E-state index is 13.2. The maximum Gasteiger partial charge on any atom is 0.435 e. The second kappa shape index (κ2) is 8.28. The van der Waals surface area contributed by atoms with Gasteiger partial charge < -0.3 is 0 Å². The minimum absolute atomic E-state index is 0.0117. The first kappa shape index (κ1) is 20.9. The number of carbonyl (C=O) groups excluding carboxylic acids is 1. The summed E-state index contributed by atoms with van der Waals surface area (Å²) in [5.41, 5.74) is 0.820. The van der Waals surface area contributed by atoms with Crippen molar-refractivity contribution in [2.24, 2.45) is 7.05 Å². The third kappa shape index (κ3) is 5.17. The molecule has 0 atom stereocenters. The van der Waals surface area contributed by atoms with E-state index < -0.39 is 11.9 Å². The van der Waals surface area contributed by atoms with Gasteiger partial charge in [0.2, 0.25) is 0 Å². The number of hydrogen-bond acceptors (Lipinski definition) is 5. The van der Waals surface area contributed by atoms with E-state index in [9.17, 15) is 18.0 Å². The predicted molar refractivity (Wildman–Crippen MR) is 100 cm³/mol. The van der Waals surface area contributed by atoms with Crippen LogP contribution in [0.3, 0.4) is 0 Å². The molecule has 0 aromatic carbocycles. The van der Waals surface area contributed by atoms with Gasteiger partial charge in [0.15, 0.2) is 5.69 Å². The van der Waals surface area contributed by atoms with Crippen LogP contribution in [-0.4, -0.2) is 30.7 Å². The van der Waals surface area contributed by atoms with Crippen molar-refractivity contribution in [1.82, 2.24) is 25.0 Å². The smallest absolute Gasteiger partial charge is 0.299 e. The molecule has 0 bridgehead atoms. The highest BCUT2D eigenvalue weighted by Crippen LogP contribution is 2.36. The third-order valence-electron chi connectivity index (χ3n) is 4.24. The first-order valence-corrected chi connectivity index (χ1v) is 9.08. The Morgan fingerprint density at radius 3 is 2.66 bits per heavy atom. The molecule has 29 heavy (non-hydrogen) atoms. The van der Waals surface area contributed by atoms with Crippen LogP contribution in [0.25, 0.3) is 11.3 Å². The van der Waals surface area contributed by atoms with Crippen LogP contribution in [0.4, 0.5) is 13.2 Å². The van der Waals surface area contributed by atoms with E-state index in [1.54, 1.807) is 25.1 Å². The Morgan fingerprint density at radius 2 is 2.00 bits per heavy atom. The van der Waals surface area contributed by atoms with E-state index in [2.05, 4.69) is 20.3 Å². The monoisotopic (exact) mass is 423 g/mol. The Kier molecular flexibility index (Phi) is 5.97. The van der Waals surface area contributed by atoms with Gasteiger partial charge in [-0.3, -0.25) is 9.48 Å². The molecule has 152 valence electrons. The molecule has 3 aromatic heterocycles. The molecule has 3 heterocycles. The van der Waals surface area contributed by atoms with Gasteiger partial charge >= 0.3 is 6.18 Å². The van der Waals surface area contributed by atoms with Gasteiger partial charge in [0.25, 0.3) is 0 Å². The molecular weight excluding hydrogens is 407 g/mol. The summed E-state index contributed by atoms with van der Waals surface area (Å²) in [5, 5.41) is 11.8. The van der Waals surface area contributed by atoms with Crippen molar-refractivity contribution in [3.05, 3.63) is 58.3 Å². The molecule has 3 aromatic rings. The number of Topliss-reactive ketones (excluding diaryl/α,β-unsaturated/α-hetero) is 1. The Balaban J connectivity index is 1.71. The lowest BCUT2D eigenvalue weighted by atomic mass is 10.0. The van der Waals surface area contributed by atoms with Crippen LogP contribution in [0, 0.1) is 6.92 Å².